The molecule has 4 unspecified atom stereocenters. The number of nitrogens with zero attached hydrogens (tertiary/aromatic N) is 1. The maximum Gasteiger partial charge on any atom is 0.330 e. The van der Waals surface area contributed by atoms with Gasteiger partial charge in [0.15, 0.2) is 5.78 Å². The molecule has 9 heteroatoms. The van der Waals surface area contributed by atoms with Crippen LogP contribution in [0.4, 0.5) is 8.78 Å². The van der Waals surface area contributed by atoms with E-state index in [1.807, 2.05) is 0 Å². The van der Waals surface area contributed by atoms with Crippen molar-refractivity contribution in [2.24, 2.45) is 5.92 Å². The Bertz CT molecular complexity index is 1540. The van der Waals surface area contributed by atoms with Crippen molar-refractivity contribution in [3.05, 3.63) is 129 Å². The maximum absolute atomic E-state index is 14.2. The van der Waals surface area contributed by atoms with Gasteiger partial charge in [-0.3, -0.25) is 9.59 Å². The SMILES string of the molecule is CC1(C(=O)O)C(c2ccc(Cl)cc2)C(C(=O)c2cccs2)C(c2ccc(F)cc2)N1C(=O)c1cccc(F)c1. The molecule has 0 saturated carbocycles. The zero-order valence-electron chi connectivity index (χ0n) is 20.6. The second kappa shape index (κ2) is 10.4. The first-order valence-electron chi connectivity index (χ1n) is 12.0. The fourth-order valence-electron chi connectivity index (χ4n) is 5.56. The van der Waals surface area contributed by atoms with Crippen LogP contribution < -0.4 is 0 Å². The molecule has 1 aliphatic rings. The van der Waals surface area contributed by atoms with Gasteiger partial charge in [-0.05, 0) is 72.0 Å². The summed E-state index contributed by atoms with van der Waals surface area (Å²) < 4.78 is 28.2. The quantitative estimate of drug-likeness (QED) is 0.255. The first kappa shape index (κ1) is 26.7. The Morgan fingerprint density at radius 3 is 2.15 bits per heavy atom. The number of benzene rings is 3. The largest absolute Gasteiger partial charge is 0.479 e. The van der Waals surface area contributed by atoms with Crippen LogP contribution in [0.3, 0.4) is 0 Å². The van der Waals surface area contributed by atoms with E-state index in [9.17, 15) is 28.3 Å². The molecular weight excluding hydrogens is 544 g/mol. The average molecular weight is 566 g/mol. The van der Waals surface area contributed by atoms with Crippen LogP contribution in [0.25, 0.3) is 0 Å². The molecule has 5 rings (SSSR count). The number of carbonyl (C=O) groups is 3. The minimum absolute atomic E-state index is 0.0753. The predicted molar refractivity (Wildman–Crippen MR) is 144 cm³/mol. The minimum atomic E-state index is -1.96. The highest BCUT2D eigenvalue weighted by atomic mass is 35.5. The highest BCUT2D eigenvalue weighted by Crippen LogP contribution is 2.57. The molecule has 39 heavy (non-hydrogen) atoms. The highest BCUT2D eigenvalue weighted by Gasteiger charge is 2.65. The van der Waals surface area contributed by atoms with Crippen LogP contribution in [-0.4, -0.2) is 33.2 Å². The summed E-state index contributed by atoms with van der Waals surface area (Å²) in [6.07, 6.45) is 0. The highest BCUT2D eigenvalue weighted by molar-refractivity contribution is 7.12. The topological polar surface area (TPSA) is 74.7 Å². The third kappa shape index (κ3) is 4.64. The minimum Gasteiger partial charge on any atom is -0.479 e. The zero-order valence-corrected chi connectivity index (χ0v) is 22.1. The molecule has 1 fully saturated rings. The monoisotopic (exact) mass is 565 g/mol. The summed E-state index contributed by atoms with van der Waals surface area (Å²) in [4.78, 5) is 43.1. The fraction of sp³-hybridized carbons (Fsp3) is 0.167. The van der Waals surface area contributed by atoms with Crippen LogP contribution in [-0.2, 0) is 4.79 Å². The number of carboxylic acids is 1. The van der Waals surface area contributed by atoms with Crippen molar-refractivity contribution in [2.45, 2.75) is 24.4 Å². The normalized spacial score (nSPS) is 22.6. The van der Waals surface area contributed by atoms with Crippen LogP contribution in [0, 0.1) is 17.6 Å². The first-order chi connectivity index (χ1) is 18.6. The van der Waals surface area contributed by atoms with E-state index in [0.29, 0.717) is 21.0 Å². The lowest BCUT2D eigenvalue weighted by Gasteiger charge is -2.38. The van der Waals surface area contributed by atoms with Crippen molar-refractivity contribution in [1.82, 2.24) is 4.90 Å². The van der Waals surface area contributed by atoms with Crippen molar-refractivity contribution < 1.29 is 28.3 Å². The number of aliphatic carboxylic acids is 1. The smallest absolute Gasteiger partial charge is 0.330 e. The van der Waals surface area contributed by atoms with Gasteiger partial charge in [-0.15, -0.1) is 11.3 Å². The number of carboxylic acid groups (broad SMARTS) is 1. The van der Waals surface area contributed by atoms with E-state index in [-0.39, 0.29) is 11.3 Å². The molecule has 3 aromatic carbocycles. The van der Waals surface area contributed by atoms with Gasteiger partial charge in [0.1, 0.15) is 17.2 Å². The summed E-state index contributed by atoms with van der Waals surface area (Å²) >= 11 is 7.33. The number of thiophene rings is 1. The van der Waals surface area contributed by atoms with Gasteiger partial charge < -0.3 is 10.0 Å². The Labute approximate surface area is 232 Å². The maximum atomic E-state index is 14.2. The number of rotatable bonds is 6. The fourth-order valence-corrected chi connectivity index (χ4v) is 6.40. The molecule has 1 amide bonds. The van der Waals surface area contributed by atoms with E-state index in [1.165, 1.54) is 60.7 Å². The Hall–Kier alpha value is -3.88. The summed E-state index contributed by atoms with van der Waals surface area (Å²) in [6, 6.07) is 18.9. The molecule has 4 aromatic rings. The van der Waals surface area contributed by atoms with Crippen molar-refractivity contribution in [2.75, 3.05) is 0 Å². The molecule has 4 atom stereocenters. The lowest BCUT2D eigenvalue weighted by Crippen LogP contribution is -2.54. The van der Waals surface area contributed by atoms with Crippen molar-refractivity contribution in [3.63, 3.8) is 0 Å². The van der Waals surface area contributed by atoms with E-state index in [1.54, 1.807) is 41.8 Å². The molecule has 1 aromatic heterocycles. The van der Waals surface area contributed by atoms with Crippen LogP contribution in [0.1, 0.15) is 50.0 Å². The molecule has 198 valence electrons. The summed E-state index contributed by atoms with van der Waals surface area (Å²) in [7, 11) is 0. The summed E-state index contributed by atoms with van der Waals surface area (Å²) in [5.74, 6) is -5.79. The Morgan fingerprint density at radius 1 is 0.897 bits per heavy atom. The Kier molecular flexibility index (Phi) is 7.09. The molecule has 1 saturated heterocycles. The molecule has 1 aliphatic heterocycles. The third-order valence-corrected chi connectivity index (χ3v) is 8.45. The lowest BCUT2D eigenvalue weighted by atomic mass is 9.72. The van der Waals surface area contributed by atoms with Crippen LogP contribution in [0.5, 0.6) is 0 Å². The zero-order chi connectivity index (χ0) is 27.9. The van der Waals surface area contributed by atoms with Crippen LogP contribution in [0.15, 0.2) is 90.3 Å². The van der Waals surface area contributed by atoms with Crippen LogP contribution >= 0.6 is 22.9 Å². The van der Waals surface area contributed by atoms with E-state index in [4.69, 9.17) is 11.6 Å². The molecule has 0 spiro atoms. The number of hydrogen-bond acceptors (Lipinski definition) is 4. The van der Waals surface area contributed by atoms with Gasteiger partial charge in [-0.25, -0.2) is 13.6 Å². The molecule has 0 radical (unpaired) electrons. The van der Waals surface area contributed by atoms with Crippen LogP contribution in [0.2, 0.25) is 5.02 Å². The van der Waals surface area contributed by atoms with Crippen molar-refractivity contribution in [1.29, 1.82) is 0 Å². The number of ketones is 1. The van der Waals surface area contributed by atoms with Gasteiger partial charge in [0.2, 0.25) is 0 Å². The number of hydrogen-bond donors (Lipinski definition) is 1. The number of Topliss-reactive ketones (excluding diaryl/α,β-unsaturated/α-hetero) is 1. The number of amides is 1. The molecular formula is C30H22ClF2NO4S. The summed E-state index contributed by atoms with van der Waals surface area (Å²) in [6.45, 7) is 1.39. The predicted octanol–water partition coefficient (Wildman–Crippen LogP) is 7.00. The van der Waals surface area contributed by atoms with E-state index in [0.717, 1.165) is 11.0 Å². The van der Waals surface area contributed by atoms with Crippen molar-refractivity contribution >= 4 is 40.6 Å². The Balaban J connectivity index is 1.82. The van der Waals surface area contributed by atoms with E-state index < -0.39 is 46.9 Å². The number of likely N-dealkylation sites (tertiary alicyclic amines) is 1. The Morgan fingerprint density at radius 2 is 1.56 bits per heavy atom. The number of halogens is 3. The standard InChI is InChI=1S/C30H22ClF2NO4S/c1-30(29(37)38)25(17-7-11-20(31)12-8-17)24(27(35)23-6-3-15-39-23)26(18-9-13-21(32)14-10-18)34(30)28(36)19-4-2-5-22(33)16-19/h2-16,24-26H,1H3,(H,37,38). The van der Waals surface area contributed by atoms with Gasteiger partial charge in [0.05, 0.1) is 16.8 Å². The van der Waals surface area contributed by atoms with Gasteiger partial charge in [0.25, 0.3) is 5.91 Å². The van der Waals surface area contributed by atoms with E-state index >= 15 is 0 Å². The molecule has 0 aliphatic carbocycles. The summed E-state index contributed by atoms with van der Waals surface area (Å²) in [5, 5.41) is 12.9. The summed E-state index contributed by atoms with van der Waals surface area (Å²) in [5.41, 5.74) is -1.18. The second-order valence-corrected chi connectivity index (χ2v) is 10.9. The van der Waals surface area contributed by atoms with Gasteiger partial charge in [0, 0.05) is 16.5 Å². The number of carbonyl (C=O) groups excluding carboxylic acids is 2. The van der Waals surface area contributed by atoms with Crippen molar-refractivity contribution in [3.8, 4) is 0 Å². The molecule has 0 bridgehead atoms. The lowest BCUT2D eigenvalue weighted by molar-refractivity contribution is -0.148. The molecule has 2 heterocycles. The molecule has 5 nitrogen and oxygen atoms in total. The van der Waals surface area contributed by atoms with Gasteiger partial charge >= 0.3 is 5.97 Å². The average Bonchev–Trinajstić information content (AvgIpc) is 3.55. The van der Waals surface area contributed by atoms with Gasteiger partial charge in [-0.1, -0.05) is 48.0 Å². The molecule has 1 N–H and O–H groups in total. The van der Waals surface area contributed by atoms with E-state index in [2.05, 4.69) is 0 Å². The second-order valence-electron chi connectivity index (χ2n) is 9.53. The van der Waals surface area contributed by atoms with Gasteiger partial charge in [-0.2, -0.15) is 0 Å². The third-order valence-electron chi connectivity index (χ3n) is 7.31. The first-order valence-corrected chi connectivity index (χ1v) is 13.3.